The number of carbonyl (C=O) groups excluding carboxylic acids is 1. The molecule has 0 bridgehead atoms. The van der Waals surface area contributed by atoms with Crippen molar-refractivity contribution in [3.05, 3.63) is 34.9 Å². The molecule has 0 radical (unpaired) electrons. The number of amides is 1. The quantitative estimate of drug-likeness (QED) is 0.889. The van der Waals surface area contributed by atoms with Crippen LogP contribution < -0.4 is 5.32 Å². The van der Waals surface area contributed by atoms with Crippen LogP contribution in [0.3, 0.4) is 0 Å². The molecule has 0 saturated heterocycles. The van der Waals surface area contributed by atoms with Crippen molar-refractivity contribution in [1.82, 2.24) is 5.32 Å². The maximum Gasteiger partial charge on any atom is 0.306 e. The summed E-state index contributed by atoms with van der Waals surface area (Å²) in [5, 5.41) is 12.4. The van der Waals surface area contributed by atoms with Crippen LogP contribution >= 0.6 is 11.6 Å². The molecule has 1 fully saturated rings. The lowest BCUT2D eigenvalue weighted by molar-refractivity contribution is -0.141. The SMILES string of the molecule is O=C(Cc1ccccc1Cl)N[C@H]1CC[C@@H](C(=O)O)C1. The van der Waals surface area contributed by atoms with Gasteiger partial charge in [-0.15, -0.1) is 0 Å². The van der Waals surface area contributed by atoms with E-state index in [9.17, 15) is 9.59 Å². The first-order chi connectivity index (χ1) is 9.06. The van der Waals surface area contributed by atoms with Crippen LogP contribution in [0.1, 0.15) is 24.8 Å². The number of aliphatic carboxylic acids is 1. The molecule has 1 aromatic rings. The van der Waals surface area contributed by atoms with E-state index >= 15 is 0 Å². The second kappa shape index (κ2) is 6.06. The van der Waals surface area contributed by atoms with Crippen molar-refractivity contribution in [3.8, 4) is 0 Å². The molecule has 0 heterocycles. The van der Waals surface area contributed by atoms with Crippen molar-refractivity contribution >= 4 is 23.5 Å². The Morgan fingerprint density at radius 3 is 2.68 bits per heavy atom. The van der Waals surface area contributed by atoms with Crippen molar-refractivity contribution in [2.75, 3.05) is 0 Å². The fraction of sp³-hybridized carbons (Fsp3) is 0.429. The Morgan fingerprint density at radius 1 is 1.32 bits per heavy atom. The van der Waals surface area contributed by atoms with Crippen LogP contribution in [0, 0.1) is 5.92 Å². The molecular formula is C14H16ClNO3. The molecule has 102 valence electrons. The molecule has 19 heavy (non-hydrogen) atoms. The average molecular weight is 282 g/mol. The van der Waals surface area contributed by atoms with Crippen LogP contribution in [0.5, 0.6) is 0 Å². The molecular weight excluding hydrogens is 266 g/mol. The lowest BCUT2D eigenvalue weighted by Crippen LogP contribution is -2.34. The molecule has 0 spiro atoms. The van der Waals surface area contributed by atoms with Crippen molar-refractivity contribution in [2.45, 2.75) is 31.7 Å². The Morgan fingerprint density at radius 2 is 2.05 bits per heavy atom. The highest BCUT2D eigenvalue weighted by Crippen LogP contribution is 2.25. The summed E-state index contributed by atoms with van der Waals surface area (Å²) in [5.74, 6) is -1.21. The minimum Gasteiger partial charge on any atom is -0.481 e. The highest BCUT2D eigenvalue weighted by Gasteiger charge is 2.30. The molecule has 1 aliphatic carbocycles. The summed E-state index contributed by atoms with van der Waals surface area (Å²) >= 11 is 5.99. The van der Waals surface area contributed by atoms with Gasteiger partial charge in [-0.3, -0.25) is 9.59 Å². The van der Waals surface area contributed by atoms with Gasteiger partial charge in [0, 0.05) is 11.1 Å². The number of carboxylic acids is 1. The van der Waals surface area contributed by atoms with Gasteiger partial charge < -0.3 is 10.4 Å². The molecule has 2 N–H and O–H groups in total. The molecule has 1 aromatic carbocycles. The second-order valence-electron chi connectivity index (χ2n) is 4.88. The lowest BCUT2D eigenvalue weighted by atomic mass is 10.1. The normalized spacial score (nSPS) is 22.2. The van der Waals surface area contributed by atoms with Gasteiger partial charge in [-0.25, -0.2) is 0 Å². The summed E-state index contributed by atoms with van der Waals surface area (Å²) in [6.07, 6.45) is 2.11. The van der Waals surface area contributed by atoms with E-state index in [1.165, 1.54) is 0 Å². The number of halogens is 1. The zero-order valence-electron chi connectivity index (χ0n) is 10.4. The van der Waals surface area contributed by atoms with Gasteiger partial charge in [0.15, 0.2) is 0 Å². The lowest BCUT2D eigenvalue weighted by Gasteiger charge is -2.12. The standard InChI is InChI=1S/C14H16ClNO3/c15-12-4-2-1-3-9(12)8-13(17)16-11-6-5-10(7-11)14(18)19/h1-4,10-11H,5-8H2,(H,16,17)(H,18,19)/t10-,11+/m1/s1. The third-order valence-corrected chi connectivity index (χ3v) is 3.82. The van der Waals surface area contributed by atoms with Crippen LogP contribution in [0.15, 0.2) is 24.3 Å². The van der Waals surface area contributed by atoms with Crippen molar-refractivity contribution in [1.29, 1.82) is 0 Å². The Kier molecular flexibility index (Phi) is 4.43. The zero-order valence-corrected chi connectivity index (χ0v) is 11.2. The highest BCUT2D eigenvalue weighted by atomic mass is 35.5. The largest absolute Gasteiger partial charge is 0.481 e. The third-order valence-electron chi connectivity index (χ3n) is 3.46. The van der Waals surface area contributed by atoms with E-state index in [4.69, 9.17) is 16.7 Å². The summed E-state index contributed by atoms with van der Waals surface area (Å²) in [7, 11) is 0. The minimum absolute atomic E-state index is 0.0314. The van der Waals surface area contributed by atoms with E-state index in [-0.39, 0.29) is 24.3 Å². The van der Waals surface area contributed by atoms with Crippen LogP contribution in [0.4, 0.5) is 0 Å². The first-order valence-electron chi connectivity index (χ1n) is 6.32. The topological polar surface area (TPSA) is 66.4 Å². The summed E-state index contributed by atoms with van der Waals surface area (Å²) in [6.45, 7) is 0. The maximum atomic E-state index is 11.9. The number of rotatable bonds is 4. The highest BCUT2D eigenvalue weighted by molar-refractivity contribution is 6.31. The van der Waals surface area contributed by atoms with Gasteiger partial charge in [-0.2, -0.15) is 0 Å². The van der Waals surface area contributed by atoms with Crippen LogP contribution in [0.2, 0.25) is 5.02 Å². The minimum atomic E-state index is -0.775. The van der Waals surface area contributed by atoms with Gasteiger partial charge in [-0.1, -0.05) is 29.8 Å². The number of nitrogens with one attached hydrogen (secondary N) is 1. The van der Waals surface area contributed by atoms with Gasteiger partial charge in [0.2, 0.25) is 5.91 Å². The molecule has 0 aliphatic heterocycles. The Bertz CT molecular complexity index is 489. The molecule has 4 nitrogen and oxygen atoms in total. The van der Waals surface area contributed by atoms with E-state index in [1.54, 1.807) is 6.07 Å². The number of carbonyl (C=O) groups is 2. The first-order valence-corrected chi connectivity index (χ1v) is 6.69. The van der Waals surface area contributed by atoms with Gasteiger partial charge >= 0.3 is 5.97 Å². The van der Waals surface area contributed by atoms with E-state index in [1.807, 2.05) is 18.2 Å². The fourth-order valence-corrected chi connectivity index (χ4v) is 2.63. The van der Waals surface area contributed by atoms with Crippen LogP contribution in [0.25, 0.3) is 0 Å². The smallest absolute Gasteiger partial charge is 0.306 e. The molecule has 0 unspecified atom stereocenters. The monoisotopic (exact) mass is 281 g/mol. The van der Waals surface area contributed by atoms with Gasteiger partial charge in [0.25, 0.3) is 0 Å². The number of hydrogen-bond acceptors (Lipinski definition) is 2. The summed E-state index contributed by atoms with van der Waals surface area (Å²) in [4.78, 5) is 22.7. The molecule has 2 atom stereocenters. The first kappa shape index (κ1) is 13.9. The zero-order chi connectivity index (χ0) is 13.8. The molecule has 1 amide bonds. The van der Waals surface area contributed by atoms with Gasteiger partial charge in [0.1, 0.15) is 0 Å². The average Bonchev–Trinajstić information content (AvgIpc) is 2.80. The predicted molar refractivity (Wildman–Crippen MR) is 72.1 cm³/mol. The third kappa shape index (κ3) is 3.70. The van der Waals surface area contributed by atoms with Gasteiger partial charge in [-0.05, 0) is 30.9 Å². The Labute approximate surface area is 116 Å². The Balaban J connectivity index is 1.86. The van der Waals surface area contributed by atoms with Crippen molar-refractivity contribution in [3.63, 3.8) is 0 Å². The van der Waals surface area contributed by atoms with Gasteiger partial charge in [0.05, 0.1) is 12.3 Å². The summed E-state index contributed by atoms with van der Waals surface area (Å²) in [5.41, 5.74) is 0.787. The molecule has 1 aliphatic rings. The molecule has 0 aromatic heterocycles. The molecule has 1 saturated carbocycles. The molecule has 5 heteroatoms. The van der Waals surface area contributed by atoms with Crippen molar-refractivity contribution < 1.29 is 14.7 Å². The Hall–Kier alpha value is -1.55. The number of hydrogen-bond donors (Lipinski definition) is 2. The summed E-state index contributed by atoms with van der Waals surface area (Å²) < 4.78 is 0. The van der Waals surface area contributed by atoms with E-state index < -0.39 is 5.97 Å². The van der Waals surface area contributed by atoms with Crippen LogP contribution in [-0.2, 0) is 16.0 Å². The second-order valence-corrected chi connectivity index (χ2v) is 5.29. The van der Waals surface area contributed by atoms with E-state index in [0.29, 0.717) is 17.9 Å². The number of benzene rings is 1. The van der Waals surface area contributed by atoms with Crippen molar-refractivity contribution in [2.24, 2.45) is 5.92 Å². The predicted octanol–water partition coefficient (Wildman–Crippen LogP) is 2.25. The van der Waals surface area contributed by atoms with E-state index in [0.717, 1.165) is 12.0 Å². The van der Waals surface area contributed by atoms with E-state index in [2.05, 4.69) is 5.32 Å². The number of carboxylic acid groups (broad SMARTS) is 1. The maximum absolute atomic E-state index is 11.9. The molecule has 2 rings (SSSR count). The van der Waals surface area contributed by atoms with Crippen LogP contribution in [-0.4, -0.2) is 23.0 Å². The fourth-order valence-electron chi connectivity index (χ4n) is 2.43. The summed E-state index contributed by atoms with van der Waals surface area (Å²) in [6, 6.07) is 7.19.